The van der Waals surface area contributed by atoms with E-state index in [0.717, 1.165) is 108 Å². The van der Waals surface area contributed by atoms with Crippen molar-refractivity contribution in [3.63, 3.8) is 0 Å². The van der Waals surface area contributed by atoms with Gasteiger partial charge in [-0.3, -0.25) is 37.3 Å². The smallest absolute Gasteiger partial charge is 0.462 e. The van der Waals surface area contributed by atoms with Crippen molar-refractivity contribution in [2.24, 2.45) is 17.8 Å². The molecule has 0 rings (SSSR count). The van der Waals surface area contributed by atoms with Crippen molar-refractivity contribution in [3.05, 3.63) is 0 Å². The number of hydrogen-bond donors (Lipinski definition) is 3. The van der Waals surface area contributed by atoms with E-state index in [1.807, 2.05) is 0 Å². The molecule has 102 heavy (non-hydrogen) atoms. The van der Waals surface area contributed by atoms with Gasteiger partial charge in [0.25, 0.3) is 0 Å². The van der Waals surface area contributed by atoms with Gasteiger partial charge in [0, 0.05) is 25.7 Å². The van der Waals surface area contributed by atoms with Gasteiger partial charge in [-0.2, -0.15) is 0 Å². The highest BCUT2D eigenvalue weighted by atomic mass is 31.2. The first kappa shape index (κ1) is 100. The molecule has 0 aliphatic heterocycles. The molecule has 7 atom stereocenters. The van der Waals surface area contributed by atoms with Crippen molar-refractivity contribution in [1.82, 2.24) is 0 Å². The summed E-state index contributed by atoms with van der Waals surface area (Å²) < 4.78 is 68.8. The Hall–Kier alpha value is -1.94. The van der Waals surface area contributed by atoms with Gasteiger partial charge in [0.1, 0.15) is 19.3 Å². The highest BCUT2D eigenvalue weighted by Crippen LogP contribution is 2.45. The molecule has 0 bridgehead atoms. The summed E-state index contributed by atoms with van der Waals surface area (Å²) in [5.74, 6) is 0.282. The van der Waals surface area contributed by atoms with Crippen LogP contribution in [-0.2, 0) is 65.4 Å². The van der Waals surface area contributed by atoms with E-state index in [0.29, 0.717) is 25.7 Å². The third-order valence-electron chi connectivity index (χ3n) is 20.1. The molecule has 0 aromatic rings. The van der Waals surface area contributed by atoms with Gasteiger partial charge in [-0.15, -0.1) is 0 Å². The monoisotopic (exact) mass is 1490 g/mol. The maximum Gasteiger partial charge on any atom is 0.472 e. The molecule has 0 heterocycles. The Bertz CT molecular complexity index is 1980. The first-order valence-corrected chi connectivity index (χ1v) is 45.9. The Morgan fingerprint density at radius 2 is 0.500 bits per heavy atom. The molecule has 19 heteroatoms. The average molecular weight is 1490 g/mol. The summed E-state index contributed by atoms with van der Waals surface area (Å²) >= 11 is 0. The minimum Gasteiger partial charge on any atom is -0.462 e. The summed E-state index contributed by atoms with van der Waals surface area (Å²) in [5.41, 5.74) is 0. The topological polar surface area (TPSA) is 237 Å². The highest BCUT2D eigenvalue weighted by Gasteiger charge is 2.30. The Kier molecular flexibility index (Phi) is 71.8. The SMILES string of the molecule is CCCCCCCCCCCCCCCCCCCC(=O)OC[C@H](COP(=O)(O)OC[C@@H](O)COP(=O)(O)OC[C@@H](COC(=O)CCCCCCCCCCC(C)CC)OC(=O)CCCCCCCCCCCCC(C)CC)OC(=O)CCCCCCCCCCCCCCCCCCC(C)C. The van der Waals surface area contributed by atoms with Crippen LogP contribution >= 0.6 is 15.6 Å². The van der Waals surface area contributed by atoms with Crippen molar-refractivity contribution < 1.29 is 80.2 Å². The second-order valence-electron chi connectivity index (χ2n) is 30.8. The zero-order valence-electron chi connectivity index (χ0n) is 67.1. The fourth-order valence-electron chi connectivity index (χ4n) is 12.8. The van der Waals surface area contributed by atoms with E-state index in [2.05, 4.69) is 48.5 Å². The first-order valence-electron chi connectivity index (χ1n) is 42.9. The third-order valence-corrected chi connectivity index (χ3v) is 22.0. The number of aliphatic hydroxyl groups excluding tert-OH is 1. The second-order valence-corrected chi connectivity index (χ2v) is 33.7. The van der Waals surface area contributed by atoms with E-state index < -0.39 is 97.5 Å². The molecule has 0 spiro atoms. The minimum absolute atomic E-state index is 0.106. The standard InChI is InChI=1S/C83H162O17P2/c1-8-11-12-13-14-15-16-17-18-19-23-26-29-35-43-50-57-64-80(85)93-70-78(99-82(87)66-59-52-45-36-30-27-24-21-20-22-25-28-33-40-47-54-61-74(4)5)72-97-101(89,90)95-68-77(84)69-96-102(91,92)98-73-79(71-94-81(86)65-58-51-44-39-38-42-49-56-63-76(7)10-3)100-83(88)67-60-53-46-37-32-31-34-41-48-55-62-75(6)9-2/h74-79,84H,8-73H2,1-7H3,(H,89,90)(H,91,92)/t75?,76?,77-,78-,79-/m1/s1. The lowest BCUT2D eigenvalue weighted by Gasteiger charge is -2.21. The molecule has 0 aromatic heterocycles. The normalized spacial score (nSPS) is 14.5. The molecule has 0 aromatic carbocycles. The zero-order chi connectivity index (χ0) is 75.1. The molecule has 0 aliphatic rings. The fourth-order valence-corrected chi connectivity index (χ4v) is 14.4. The van der Waals surface area contributed by atoms with Gasteiger partial charge in [-0.1, -0.05) is 382 Å². The van der Waals surface area contributed by atoms with Crippen LogP contribution in [0.15, 0.2) is 0 Å². The van der Waals surface area contributed by atoms with Gasteiger partial charge >= 0.3 is 39.5 Å². The molecule has 606 valence electrons. The molecule has 3 N–H and O–H groups in total. The largest absolute Gasteiger partial charge is 0.472 e. The van der Waals surface area contributed by atoms with Gasteiger partial charge in [-0.05, 0) is 43.4 Å². The summed E-state index contributed by atoms with van der Waals surface area (Å²) in [6, 6.07) is 0. The number of carbonyl (C=O) groups excluding carboxylic acids is 4. The van der Waals surface area contributed by atoms with Crippen LogP contribution in [-0.4, -0.2) is 96.7 Å². The Labute approximate surface area is 626 Å². The van der Waals surface area contributed by atoms with Crippen molar-refractivity contribution in [2.45, 2.75) is 452 Å². The lowest BCUT2D eigenvalue weighted by molar-refractivity contribution is -0.161. The van der Waals surface area contributed by atoms with Crippen LogP contribution in [0.5, 0.6) is 0 Å². The average Bonchev–Trinajstić information content (AvgIpc) is 0.911. The fraction of sp³-hybridized carbons (Fsp3) is 0.952. The lowest BCUT2D eigenvalue weighted by Crippen LogP contribution is -2.30. The van der Waals surface area contributed by atoms with Crippen LogP contribution in [0, 0.1) is 17.8 Å². The van der Waals surface area contributed by atoms with Crippen LogP contribution in [0.1, 0.15) is 434 Å². The number of carbonyl (C=O) groups is 4. The zero-order valence-corrected chi connectivity index (χ0v) is 68.9. The molecular weight excluding hydrogens is 1330 g/mol. The minimum atomic E-state index is -4.96. The number of ether oxygens (including phenoxy) is 4. The van der Waals surface area contributed by atoms with Crippen LogP contribution in [0.25, 0.3) is 0 Å². The molecule has 0 amide bonds. The first-order chi connectivity index (χ1) is 49.3. The van der Waals surface area contributed by atoms with E-state index >= 15 is 0 Å². The molecule has 4 unspecified atom stereocenters. The number of phosphoric ester groups is 2. The molecule has 0 saturated carbocycles. The quantitative estimate of drug-likeness (QED) is 0.0222. The Morgan fingerprint density at radius 1 is 0.284 bits per heavy atom. The van der Waals surface area contributed by atoms with E-state index in [-0.39, 0.29) is 25.7 Å². The van der Waals surface area contributed by atoms with Crippen LogP contribution in [0.4, 0.5) is 0 Å². The van der Waals surface area contributed by atoms with Crippen molar-refractivity contribution in [2.75, 3.05) is 39.6 Å². The number of phosphoric acid groups is 2. The van der Waals surface area contributed by atoms with Gasteiger partial charge in [-0.25, -0.2) is 9.13 Å². The van der Waals surface area contributed by atoms with E-state index in [9.17, 15) is 43.2 Å². The maximum absolute atomic E-state index is 13.1. The predicted molar refractivity (Wildman–Crippen MR) is 418 cm³/mol. The molecule has 0 saturated heterocycles. The van der Waals surface area contributed by atoms with Crippen molar-refractivity contribution in [3.8, 4) is 0 Å². The molecule has 17 nitrogen and oxygen atoms in total. The number of hydrogen-bond acceptors (Lipinski definition) is 15. The van der Waals surface area contributed by atoms with Crippen LogP contribution in [0.2, 0.25) is 0 Å². The summed E-state index contributed by atoms with van der Waals surface area (Å²) in [6.07, 6.45) is 62.3. The summed E-state index contributed by atoms with van der Waals surface area (Å²) in [7, 11) is -9.93. The van der Waals surface area contributed by atoms with Gasteiger partial charge in [0.2, 0.25) is 0 Å². The third kappa shape index (κ3) is 73.6. The van der Waals surface area contributed by atoms with Crippen molar-refractivity contribution in [1.29, 1.82) is 0 Å². The molecule has 0 aliphatic carbocycles. The maximum atomic E-state index is 13.1. The summed E-state index contributed by atoms with van der Waals surface area (Å²) in [5, 5.41) is 10.7. The van der Waals surface area contributed by atoms with E-state index in [1.54, 1.807) is 0 Å². The summed E-state index contributed by atoms with van der Waals surface area (Å²) in [4.78, 5) is 73.1. The van der Waals surface area contributed by atoms with Gasteiger partial charge < -0.3 is 33.8 Å². The molecular formula is C83H162O17P2. The van der Waals surface area contributed by atoms with Crippen LogP contribution < -0.4 is 0 Å². The molecule has 0 fully saturated rings. The summed E-state index contributed by atoms with van der Waals surface area (Å²) in [6.45, 7) is 12.0. The molecule has 0 radical (unpaired) electrons. The number of unbranched alkanes of at least 4 members (excludes halogenated alkanes) is 47. The second kappa shape index (κ2) is 73.2. The van der Waals surface area contributed by atoms with Gasteiger partial charge in [0.15, 0.2) is 12.2 Å². The predicted octanol–water partition coefficient (Wildman–Crippen LogP) is 24.9. The van der Waals surface area contributed by atoms with Crippen molar-refractivity contribution >= 4 is 39.5 Å². The number of aliphatic hydroxyl groups is 1. The van der Waals surface area contributed by atoms with E-state index in [4.69, 9.17) is 37.0 Å². The highest BCUT2D eigenvalue weighted by molar-refractivity contribution is 7.47. The Morgan fingerprint density at radius 3 is 0.745 bits per heavy atom. The number of rotatable bonds is 81. The Balaban J connectivity index is 5.27. The van der Waals surface area contributed by atoms with Gasteiger partial charge in [0.05, 0.1) is 26.4 Å². The lowest BCUT2D eigenvalue weighted by atomic mass is 9.99. The van der Waals surface area contributed by atoms with E-state index in [1.165, 1.54) is 244 Å². The van der Waals surface area contributed by atoms with Crippen LogP contribution in [0.3, 0.4) is 0 Å². The number of esters is 4.